The Labute approximate surface area is 133 Å². The lowest BCUT2D eigenvalue weighted by molar-refractivity contribution is 0.0697. The molecule has 1 aliphatic heterocycles. The number of benzene rings is 1. The molecule has 0 N–H and O–H groups in total. The number of hydrogen-bond donors (Lipinski definition) is 0. The average molecular weight is 324 g/mol. The summed E-state index contributed by atoms with van der Waals surface area (Å²) in [5.41, 5.74) is 2.72. The Hall–Kier alpha value is -1.40. The van der Waals surface area contributed by atoms with Crippen molar-refractivity contribution in [1.29, 1.82) is 0 Å². The fourth-order valence-corrected chi connectivity index (χ4v) is 4.19. The summed E-state index contributed by atoms with van der Waals surface area (Å²) in [5.74, 6) is 0.173. The molecule has 122 valence electrons. The summed E-state index contributed by atoms with van der Waals surface area (Å²) in [6.45, 7) is 7.43. The molecular formula is C16H24N2O3S. The molecule has 1 aromatic carbocycles. The molecule has 1 fully saturated rings. The zero-order chi connectivity index (χ0) is 16.3. The first-order chi connectivity index (χ1) is 10.3. The van der Waals surface area contributed by atoms with E-state index < -0.39 is 10.0 Å². The van der Waals surface area contributed by atoms with E-state index in [2.05, 4.69) is 0 Å². The average Bonchev–Trinajstić information content (AvgIpc) is 2.49. The highest BCUT2D eigenvalue weighted by Gasteiger charge is 2.28. The summed E-state index contributed by atoms with van der Waals surface area (Å²) < 4.78 is 25.6. The zero-order valence-electron chi connectivity index (χ0n) is 13.5. The van der Waals surface area contributed by atoms with Gasteiger partial charge >= 0.3 is 0 Å². The quantitative estimate of drug-likeness (QED) is 0.848. The molecule has 0 unspecified atom stereocenters. The second kappa shape index (κ2) is 6.79. The third-order valence-corrected chi connectivity index (χ3v) is 6.08. The molecule has 0 aliphatic carbocycles. The van der Waals surface area contributed by atoms with Gasteiger partial charge in [0.05, 0.1) is 5.75 Å². The van der Waals surface area contributed by atoms with Gasteiger partial charge in [-0.3, -0.25) is 4.79 Å². The van der Waals surface area contributed by atoms with Gasteiger partial charge in [0, 0.05) is 31.7 Å². The molecule has 1 amide bonds. The molecule has 1 aliphatic rings. The van der Waals surface area contributed by atoms with E-state index in [4.69, 9.17) is 0 Å². The Morgan fingerprint density at radius 3 is 2.36 bits per heavy atom. The van der Waals surface area contributed by atoms with Crippen molar-refractivity contribution in [2.45, 2.75) is 27.2 Å². The van der Waals surface area contributed by atoms with Gasteiger partial charge in [-0.25, -0.2) is 8.42 Å². The lowest BCUT2D eigenvalue weighted by Gasteiger charge is -2.34. The van der Waals surface area contributed by atoms with Gasteiger partial charge in [-0.1, -0.05) is 24.6 Å². The number of aryl methyl sites for hydroxylation is 2. The fraction of sp³-hybridized carbons (Fsp3) is 0.562. The molecule has 0 saturated carbocycles. The van der Waals surface area contributed by atoms with E-state index in [1.807, 2.05) is 39.0 Å². The molecule has 5 nitrogen and oxygen atoms in total. The maximum Gasteiger partial charge on any atom is 0.254 e. The second-order valence-electron chi connectivity index (χ2n) is 5.83. The highest BCUT2D eigenvalue weighted by Crippen LogP contribution is 2.16. The number of rotatable bonds is 4. The van der Waals surface area contributed by atoms with Crippen LogP contribution in [0.3, 0.4) is 0 Å². The van der Waals surface area contributed by atoms with Crippen LogP contribution in [0, 0.1) is 13.8 Å². The fourth-order valence-electron chi connectivity index (χ4n) is 2.69. The van der Waals surface area contributed by atoms with E-state index in [-0.39, 0.29) is 11.7 Å². The molecule has 1 aromatic rings. The number of carbonyl (C=O) groups excluding carboxylic acids is 1. The van der Waals surface area contributed by atoms with E-state index in [9.17, 15) is 13.2 Å². The van der Waals surface area contributed by atoms with Gasteiger partial charge in [0.15, 0.2) is 0 Å². The standard InChI is InChI=1S/C16H24N2O3S/c1-4-11-22(20,21)18-9-7-17(8-10-18)16(19)15-12-13(2)5-6-14(15)3/h5-6,12H,4,7-11H2,1-3H3. The monoisotopic (exact) mass is 324 g/mol. The number of amides is 1. The Morgan fingerprint density at radius 1 is 1.14 bits per heavy atom. The normalized spacial score (nSPS) is 16.8. The first-order valence-corrected chi connectivity index (χ1v) is 9.30. The number of nitrogens with zero attached hydrogens (tertiary/aromatic N) is 2. The van der Waals surface area contributed by atoms with Crippen molar-refractivity contribution in [3.05, 3.63) is 34.9 Å². The number of carbonyl (C=O) groups is 1. The molecule has 0 radical (unpaired) electrons. The van der Waals surface area contributed by atoms with Crippen molar-refractivity contribution < 1.29 is 13.2 Å². The van der Waals surface area contributed by atoms with Gasteiger partial charge in [-0.05, 0) is 31.9 Å². The predicted molar refractivity (Wildman–Crippen MR) is 87.5 cm³/mol. The minimum atomic E-state index is -3.17. The third-order valence-electron chi connectivity index (χ3n) is 4.00. The first kappa shape index (κ1) is 17.0. The molecule has 22 heavy (non-hydrogen) atoms. The maximum atomic E-state index is 12.6. The molecular weight excluding hydrogens is 300 g/mol. The zero-order valence-corrected chi connectivity index (χ0v) is 14.3. The van der Waals surface area contributed by atoms with E-state index in [1.165, 1.54) is 4.31 Å². The molecule has 0 aromatic heterocycles. The lowest BCUT2D eigenvalue weighted by Crippen LogP contribution is -2.51. The SMILES string of the molecule is CCCS(=O)(=O)N1CCN(C(=O)c2cc(C)ccc2C)CC1. The number of sulfonamides is 1. The van der Waals surface area contributed by atoms with Crippen molar-refractivity contribution in [2.75, 3.05) is 31.9 Å². The Bertz CT molecular complexity index is 647. The molecule has 1 saturated heterocycles. The van der Waals surface area contributed by atoms with Crippen LogP contribution in [-0.4, -0.2) is 55.5 Å². The van der Waals surface area contributed by atoms with Gasteiger partial charge in [0.1, 0.15) is 0 Å². The van der Waals surface area contributed by atoms with Crippen LogP contribution in [0.15, 0.2) is 18.2 Å². The maximum absolute atomic E-state index is 12.6. The predicted octanol–water partition coefficient (Wildman–Crippen LogP) is 1.80. The van der Waals surface area contributed by atoms with Crippen LogP contribution in [0.25, 0.3) is 0 Å². The van der Waals surface area contributed by atoms with E-state index >= 15 is 0 Å². The van der Waals surface area contributed by atoms with Gasteiger partial charge in [-0.2, -0.15) is 4.31 Å². The van der Waals surface area contributed by atoms with Crippen LogP contribution in [-0.2, 0) is 10.0 Å². The van der Waals surface area contributed by atoms with E-state index in [1.54, 1.807) is 4.90 Å². The van der Waals surface area contributed by atoms with Crippen molar-refractivity contribution >= 4 is 15.9 Å². The van der Waals surface area contributed by atoms with Crippen LogP contribution in [0.5, 0.6) is 0 Å². The number of hydrogen-bond acceptors (Lipinski definition) is 3. The molecule has 0 bridgehead atoms. The van der Waals surface area contributed by atoms with Gasteiger partial charge in [0.25, 0.3) is 5.91 Å². The topological polar surface area (TPSA) is 57.7 Å². The van der Waals surface area contributed by atoms with Crippen LogP contribution in [0.1, 0.15) is 34.8 Å². The molecule has 0 atom stereocenters. The van der Waals surface area contributed by atoms with Crippen molar-refractivity contribution in [3.63, 3.8) is 0 Å². The van der Waals surface area contributed by atoms with Crippen LogP contribution in [0.2, 0.25) is 0 Å². The van der Waals surface area contributed by atoms with Crippen molar-refractivity contribution in [3.8, 4) is 0 Å². The summed E-state index contributed by atoms with van der Waals surface area (Å²) in [4.78, 5) is 14.4. The molecule has 6 heteroatoms. The van der Waals surface area contributed by atoms with E-state index in [0.717, 1.165) is 11.1 Å². The Morgan fingerprint density at radius 2 is 1.77 bits per heavy atom. The minimum absolute atomic E-state index is 0.00580. The summed E-state index contributed by atoms with van der Waals surface area (Å²) >= 11 is 0. The van der Waals surface area contributed by atoms with Crippen molar-refractivity contribution in [2.24, 2.45) is 0 Å². The largest absolute Gasteiger partial charge is 0.336 e. The van der Waals surface area contributed by atoms with Crippen molar-refractivity contribution in [1.82, 2.24) is 9.21 Å². The summed E-state index contributed by atoms with van der Waals surface area (Å²) in [6, 6.07) is 5.84. The Balaban J connectivity index is 2.05. The van der Waals surface area contributed by atoms with Gasteiger partial charge in [0.2, 0.25) is 10.0 Å². The minimum Gasteiger partial charge on any atom is -0.336 e. The second-order valence-corrected chi connectivity index (χ2v) is 7.91. The molecule has 0 spiro atoms. The first-order valence-electron chi connectivity index (χ1n) is 7.69. The van der Waals surface area contributed by atoms with Crippen LogP contribution in [0.4, 0.5) is 0 Å². The number of piperazine rings is 1. The Kier molecular flexibility index (Phi) is 5.24. The van der Waals surface area contributed by atoms with E-state index in [0.29, 0.717) is 38.2 Å². The highest BCUT2D eigenvalue weighted by atomic mass is 32.2. The van der Waals surface area contributed by atoms with Gasteiger partial charge < -0.3 is 4.90 Å². The van der Waals surface area contributed by atoms with Crippen LogP contribution < -0.4 is 0 Å². The summed E-state index contributed by atoms with van der Waals surface area (Å²) in [7, 11) is -3.17. The van der Waals surface area contributed by atoms with Gasteiger partial charge in [-0.15, -0.1) is 0 Å². The highest BCUT2D eigenvalue weighted by molar-refractivity contribution is 7.89. The summed E-state index contributed by atoms with van der Waals surface area (Å²) in [5, 5.41) is 0. The lowest BCUT2D eigenvalue weighted by atomic mass is 10.0. The molecule has 2 rings (SSSR count). The molecule has 1 heterocycles. The summed E-state index contributed by atoms with van der Waals surface area (Å²) in [6.07, 6.45) is 0.615. The third kappa shape index (κ3) is 3.67. The smallest absolute Gasteiger partial charge is 0.254 e. The van der Waals surface area contributed by atoms with Crippen LogP contribution >= 0.6 is 0 Å².